The van der Waals surface area contributed by atoms with Crippen LogP contribution in [0.3, 0.4) is 0 Å². The Hall–Kier alpha value is -2.71. The van der Waals surface area contributed by atoms with Gasteiger partial charge in [0.1, 0.15) is 0 Å². The van der Waals surface area contributed by atoms with Crippen molar-refractivity contribution in [3.05, 3.63) is 68.0 Å². The van der Waals surface area contributed by atoms with Crippen LogP contribution in [0.25, 0.3) is 0 Å². The number of esters is 1. The topological polar surface area (TPSA) is 102 Å². The summed E-state index contributed by atoms with van der Waals surface area (Å²) in [5.41, 5.74) is 3.28. The van der Waals surface area contributed by atoms with E-state index in [2.05, 4.69) is 10.5 Å². The van der Waals surface area contributed by atoms with Crippen molar-refractivity contribution in [1.82, 2.24) is 15.0 Å². The van der Waals surface area contributed by atoms with E-state index in [1.54, 1.807) is 31.2 Å². The van der Waals surface area contributed by atoms with Gasteiger partial charge in [-0.1, -0.05) is 12.1 Å². The number of carbonyl (C=O) groups excluding carboxylic acids is 1. The smallest absolute Gasteiger partial charge is 0.337 e. The van der Waals surface area contributed by atoms with Crippen LogP contribution in [0.5, 0.6) is 0 Å². The number of aromatic amines is 1. The van der Waals surface area contributed by atoms with Gasteiger partial charge in [-0.15, -0.1) is 0 Å². The number of hydrogen-bond donors (Lipinski definition) is 2. The monoisotopic (exact) mass is 361 g/mol. The molecule has 0 bridgehead atoms. The highest BCUT2D eigenvalue weighted by Crippen LogP contribution is 2.10. The van der Waals surface area contributed by atoms with Crippen LogP contribution in [0.2, 0.25) is 0 Å². The molecule has 2 aromatic rings. The summed E-state index contributed by atoms with van der Waals surface area (Å²) in [6.45, 7) is 5.68. The van der Waals surface area contributed by atoms with Crippen molar-refractivity contribution < 1.29 is 14.4 Å². The first-order valence-corrected chi connectivity index (χ1v) is 8.24. The van der Waals surface area contributed by atoms with Crippen molar-refractivity contribution in [1.29, 1.82) is 0 Å². The third kappa shape index (κ3) is 4.90. The third-order valence-corrected chi connectivity index (χ3v) is 3.69. The maximum Gasteiger partial charge on any atom is 0.337 e. The highest BCUT2D eigenvalue weighted by Gasteiger charge is 2.14. The van der Waals surface area contributed by atoms with Gasteiger partial charge in [0.05, 0.1) is 36.9 Å². The average molecular weight is 361 g/mol. The van der Waals surface area contributed by atoms with Crippen LogP contribution in [0.15, 0.2) is 40.1 Å². The zero-order valence-corrected chi connectivity index (χ0v) is 15.2. The Morgan fingerprint density at radius 3 is 2.65 bits per heavy atom. The normalized spacial score (nSPS) is 12.2. The standard InChI is InChI=1S/C18H23N3O5/c1-11(2)26-20-12(3)15-10-21(18(24)19-16(15)22)9-13-6-5-7-14(8-13)17(23)25-4/h5-8,10-12,20H,9H2,1-4H3,(H,19,22,24). The number of rotatable bonds is 7. The molecule has 1 atom stereocenters. The number of benzene rings is 1. The minimum absolute atomic E-state index is 0.0523. The molecule has 1 aromatic heterocycles. The molecule has 0 fully saturated rings. The summed E-state index contributed by atoms with van der Waals surface area (Å²) in [4.78, 5) is 43.5. The van der Waals surface area contributed by atoms with E-state index in [1.807, 2.05) is 13.8 Å². The number of aromatic nitrogens is 2. The molecule has 2 N–H and O–H groups in total. The second kappa shape index (κ2) is 8.59. The Balaban J connectivity index is 2.30. The molecule has 1 unspecified atom stereocenters. The number of ether oxygens (including phenoxy) is 1. The van der Waals surface area contributed by atoms with Crippen molar-refractivity contribution in [3.8, 4) is 0 Å². The molecule has 1 aromatic carbocycles. The first-order chi connectivity index (χ1) is 12.3. The second-order valence-electron chi connectivity index (χ2n) is 6.17. The van der Waals surface area contributed by atoms with Crippen LogP contribution >= 0.6 is 0 Å². The van der Waals surface area contributed by atoms with Gasteiger partial charge in [0.2, 0.25) is 0 Å². The average Bonchev–Trinajstić information content (AvgIpc) is 2.61. The molecule has 0 aliphatic carbocycles. The van der Waals surface area contributed by atoms with Gasteiger partial charge in [-0.3, -0.25) is 19.2 Å². The highest BCUT2D eigenvalue weighted by atomic mass is 16.7. The molecule has 0 amide bonds. The number of hydrogen-bond acceptors (Lipinski definition) is 6. The largest absolute Gasteiger partial charge is 0.465 e. The van der Waals surface area contributed by atoms with Crippen LogP contribution in [-0.2, 0) is 16.1 Å². The van der Waals surface area contributed by atoms with Crippen LogP contribution in [0.4, 0.5) is 0 Å². The number of H-pyrrole nitrogens is 1. The summed E-state index contributed by atoms with van der Waals surface area (Å²) in [6, 6.07) is 6.36. The molecule has 0 radical (unpaired) electrons. The van der Waals surface area contributed by atoms with Gasteiger partial charge in [0.15, 0.2) is 0 Å². The lowest BCUT2D eigenvalue weighted by Crippen LogP contribution is -2.35. The van der Waals surface area contributed by atoms with Gasteiger partial charge in [-0.2, -0.15) is 5.48 Å². The number of nitrogens with one attached hydrogen (secondary N) is 2. The van der Waals surface area contributed by atoms with Gasteiger partial charge in [-0.25, -0.2) is 9.59 Å². The molecule has 0 saturated heterocycles. The molecule has 0 aliphatic rings. The van der Waals surface area contributed by atoms with E-state index < -0.39 is 23.3 Å². The molecular formula is C18H23N3O5. The zero-order valence-electron chi connectivity index (χ0n) is 15.2. The van der Waals surface area contributed by atoms with E-state index in [9.17, 15) is 14.4 Å². The van der Waals surface area contributed by atoms with Crippen LogP contribution < -0.4 is 16.7 Å². The minimum Gasteiger partial charge on any atom is -0.465 e. The Kier molecular flexibility index (Phi) is 6.48. The zero-order chi connectivity index (χ0) is 19.3. The summed E-state index contributed by atoms with van der Waals surface area (Å²) in [5, 5.41) is 0. The molecule has 0 saturated carbocycles. The van der Waals surface area contributed by atoms with Gasteiger partial charge in [0.25, 0.3) is 5.56 Å². The summed E-state index contributed by atoms with van der Waals surface area (Å²) in [6.07, 6.45) is 1.44. The lowest BCUT2D eigenvalue weighted by molar-refractivity contribution is -0.0235. The predicted molar refractivity (Wildman–Crippen MR) is 96.0 cm³/mol. The fourth-order valence-corrected chi connectivity index (χ4v) is 2.36. The van der Waals surface area contributed by atoms with Gasteiger partial charge in [-0.05, 0) is 38.5 Å². The van der Waals surface area contributed by atoms with E-state index in [4.69, 9.17) is 9.57 Å². The highest BCUT2D eigenvalue weighted by molar-refractivity contribution is 5.89. The molecule has 0 aliphatic heterocycles. The van der Waals surface area contributed by atoms with E-state index in [-0.39, 0.29) is 12.6 Å². The minimum atomic E-state index is -0.529. The summed E-state index contributed by atoms with van der Waals surface area (Å²) >= 11 is 0. The molecule has 8 nitrogen and oxygen atoms in total. The van der Waals surface area contributed by atoms with Crippen molar-refractivity contribution >= 4 is 5.97 Å². The first-order valence-electron chi connectivity index (χ1n) is 8.24. The fourth-order valence-electron chi connectivity index (χ4n) is 2.36. The van der Waals surface area contributed by atoms with Crippen molar-refractivity contribution in [2.75, 3.05) is 7.11 Å². The van der Waals surface area contributed by atoms with E-state index in [1.165, 1.54) is 17.9 Å². The van der Waals surface area contributed by atoms with Crippen LogP contribution in [-0.4, -0.2) is 28.7 Å². The number of carbonyl (C=O) groups is 1. The van der Waals surface area contributed by atoms with E-state index >= 15 is 0 Å². The molecule has 26 heavy (non-hydrogen) atoms. The third-order valence-electron chi connectivity index (χ3n) is 3.69. The Morgan fingerprint density at radius 2 is 2.00 bits per heavy atom. The van der Waals surface area contributed by atoms with Gasteiger partial charge >= 0.3 is 11.7 Å². The maximum absolute atomic E-state index is 12.1. The Labute approximate surface area is 150 Å². The summed E-state index contributed by atoms with van der Waals surface area (Å²) in [5.74, 6) is -0.454. The summed E-state index contributed by atoms with van der Waals surface area (Å²) in [7, 11) is 1.31. The number of nitrogens with zero attached hydrogens (tertiary/aromatic N) is 1. The number of methoxy groups -OCH3 is 1. The molecule has 1 heterocycles. The molecule has 2 rings (SSSR count). The van der Waals surface area contributed by atoms with Gasteiger partial charge in [0, 0.05) is 6.20 Å². The molecule has 0 spiro atoms. The number of hydroxylamine groups is 1. The lowest BCUT2D eigenvalue weighted by atomic mass is 10.1. The second-order valence-corrected chi connectivity index (χ2v) is 6.17. The van der Waals surface area contributed by atoms with E-state index in [0.717, 1.165) is 5.56 Å². The van der Waals surface area contributed by atoms with Crippen LogP contribution in [0.1, 0.15) is 48.3 Å². The van der Waals surface area contributed by atoms with E-state index in [0.29, 0.717) is 11.1 Å². The molecular weight excluding hydrogens is 338 g/mol. The van der Waals surface area contributed by atoms with Gasteiger partial charge < -0.3 is 4.74 Å². The molecule has 8 heteroatoms. The fraction of sp³-hybridized carbons (Fsp3) is 0.389. The predicted octanol–water partition coefficient (Wildman–Crippen LogP) is 1.36. The van der Waals surface area contributed by atoms with Crippen LogP contribution in [0, 0.1) is 0 Å². The summed E-state index contributed by atoms with van der Waals surface area (Å²) < 4.78 is 6.08. The molecule has 140 valence electrons. The lowest BCUT2D eigenvalue weighted by Gasteiger charge is -2.16. The Bertz CT molecular complexity index is 885. The van der Waals surface area contributed by atoms with Crippen molar-refractivity contribution in [3.63, 3.8) is 0 Å². The quantitative estimate of drug-likeness (QED) is 0.570. The van der Waals surface area contributed by atoms with Crippen molar-refractivity contribution in [2.24, 2.45) is 0 Å². The Morgan fingerprint density at radius 1 is 1.27 bits per heavy atom. The first kappa shape index (κ1) is 19.6. The van der Waals surface area contributed by atoms with Crippen molar-refractivity contribution in [2.45, 2.75) is 39.5 Å². The maximum atomic E-state index is 12.1. The SMILES string of the molecule is COC(=O)c1cccc(Cn2cc(C(C)NOC(C)C)c(=O)[nH]c2=O)c1.